The summed E-state index contributed by atoms with van der Waals surface area (Å²) >= 11 is 0. The van der Waals surface area contributed by atoms with Crippen molar-refractivity contribution < 1.29 is 9.53 Å². The van der Waals surface area contributed by atoms with Crippen molar-refractivity contribution in [2.45, 2.75) is 6.92 Å². The SMILES string of the molecule is C[C@@H]1COCC1=O. The number of ketones is 1. The summed E-state index contributed by atoms with van der Waals surface area (Å²) in [5.74, 6) is 0.389. The second kappa shape index (κ2) is 1.62. The van der Waals surface area contributed by atoms with E-state index < -0.39 is 0 Å². The zero-order valence-corrected chi connectivity index (χ0v) is 4.31. The van der Waals surface area contributed by atoms with Crippen molar-refractivity contribution in [3.8, 4) is 0 Å². The average molecular weight is 100 g/mol. The topological polar surface area (TPSA) is 26.3 Å². The van der Waals surface area contributed by atoms with Gasteiger partial charge in [0.1, 0.15) is 6.61 Å². The summed E-state index contributed by atoms with van der Waals surface area (Å²) in [7, 11) is 0. The van der Waals surface area contributed by atoms with Crippen LogP contribution in [0.4, 0.5) is 0 Å². The van der Waals surface area contributed by atoms with Crippen LogP contribution in [0.1, 0.15) is 6.92 Å². The number of Topliss-reactive ketones (excluding diaryl/α,β-unsaturated/α-hetero) is 1. The second-order valence-corrected chi connectivity index (χ2v) is 1.88. The van der Waals surface area contributed by atoms with Crippen molar-refractivity contribution in [1.82, 2.24) is 0 Å². The molecular weight excluding hydrogens is 92.1 g/mol. The molecule has 0 aliphatic carbocycles. The fourth-order valence-corrected chi connectivity index (χ4v) is 0.571. The van der Waals surface area contributed by atoms with Crippen LogP contribution in [0.5, 0.6) is 0 Å². The van der Waals surface area contributed by atoms with Crippen LogP contribution < -0.4 is 0 Å². The lowest BCUT2D eigenvalue weighted by molar-refractivity contribution is -0.120. The molecule has 0 saturated carbocycles. The first-order valence-electron chi connectivity index (χ1n) is 2.41. The Morgan fingerprint density at radius 1 is 1.86 bits per heavy atom. The minimum atomic E-state index is 0.153. The Bertz CT molecular complexity index is 88.1. The predicted molar refractivity (Wildman–Crippen MR) is 25.0 cm³/mol. The lowest BCUT2D eigenvalue weighted by atomic mass is 10.1. The van der Waals surface area contributed by atoms with Gasteiger partial charge in [-0.15, -0.1) is 0 Å². The van der Waals surface area contributed by atoms with E-state index in [0.717, 1.165) is 0 Å². The van der Waals surface area contributed by atoms with E-state index in [-0.39, 0.29) is 11.7 Å². The first-order valence-corrected chi connectivity index (χ1v) is 2.41. The minimum Gasteiger partial charge on any atom is -0.373 e. The first kappa shape index (κ1) is 4.78. The van der Waals surface area contributed by atoms with Crippen LogP contribution in [0.15, 0.2) is 0 Å². The van der Waals surface area contributed by atoms with Gasteiger partial charge in [0, 0.05) is 5.92 Å². The molecule has 0 aromatic heterocycles. The number of hydrogen-bond acceptors (Lipinski definition) is 2. The Morgan fingerprint density at radius 3 is 2.71 bits per heavy atom. The van der Waals surface area contributed by atoms with E-state index in [9.17, 15) is 4.79 Å². The predicted octanol–water partition coefficient (Wildman–Crippen LogP) is 0.222. The molecule has 1 saturated heterocycles. The van der Waals surface area contributed by atoms with Crippen LogP contribution in [-0.4, -0.2) is 19.0 Å². The minimum absolute atomic E-state index is 0.153. The molecule has 0 unspecified atom stereocenters. The Labute approximate surface area is 42.5 Å². The van der Waals surface area contributed by atoms with Crippen molar-refractivity contribution in [2.75, 3.05) is 13.2 Å². The highest BCUT2D eigenvalue weighted by atomic mass is 16.5. The summed E-state index contributed by atoms with van der Waals surface area (Å²) in [6, 6.07) is 0. The Morgan fingerprint density at radius 2 is 2.57 bits per heavy atom. The molecule has 2 nitrogen and oxygen atoms in total. The molecule has 1 rings (SSSR count). The van der Waals surface area contributed by atoms with E-state index in [1.54, 1.807) is 0 Å². The summed E-state index contributed by atoms with van der Waals surface area (Å²) in [5.41, 5.74) is 0. The number of rotatable bonds is 0. The largest absolute Gasteiger partial charge is 0.373 e. The zero-order valence-electron chi connectivity index (χ0n) is 4.31. The molecule has 0 radical (unpaired) electrons. The third-order valence-corrected chi connectivity index (χ3v) is 1.16. The number of ether oxygens (including phenoxy) is 1. The van der Waals surface area contributed by atoms with Crippen LogP contribution in [0, 0.1) is 5.92 Å². The maximum Gasteiger partial charge on any atom is 0.163 e. The van der Waals surface area contributed by atoms with Gasteiger partial charge >= 0.3 is 0 Å². The maximum absolute atomic E-state index is 10.4. The molecule has 2 heteroatoms. The first-order chi connectivity index (χ1) is 3.30. The lowest BCUT2D eigenvalue weighted by Crippen LogP contribution is -2.04. The molecule has 0 amide bonds. The van der Waals surface area contributed by atoms with Crippen molar-refractivity contribution in [3.05, 3.63) is 0 Å². The molecular formula is C5H8O2. The molecule has 1 atom stereocenters. The van der Waals surface area contributed by atoms with Gasteiger partial charge < -0.3 is 4.74 Å². The second-order valence-electron chi connectivity index (χ2n) is 1.88. The number of carbonyl (C=O) groups is 1. The lowest BCUT2D eigenvalue weighted by Gasteiger charge is -1.88. The average Bonchev–Trinajstić information content (AvgIpc) is 1.91. The van der Waals surface area contributed by atoms with Gasteiger partial charge in [-0.05, 0) is 0 Å². The molecule has 0 aromatic carbocycles. The van der Waals surface area contributed by atoms with Crippen molar-refractivity contribution in [3.63, 3.8) is 0 Å². The van der Waals surface area contributed by atoms with Crippen LogP contribution in [0.25, 0.3) is 0 Å². The smallest absolute Gasteiger partial charge is 0.163 e. The summed E-state index contributed by atoms with van der Waals surface area (Å²) in [6.07, 6.45) is 0. The van der Waals surface area contributed by atoms with E-state index in [4.69, 9.17) is 4.74 Å². The van der Waals surface area contributed by atoms with Crippen LogP contribution in [0.2, 0.25) is 0 Å². The van der Waals surface area contributed by atoms with Crippen LogP contribution >= 0.6 is 0 Å². The van der Waals surface area contributed by atoms with Gasteiger partial charge in [0.25, 0.3) is 0 Å². The molecule has 40 valence electrons. The normalized spacial score (nSPS) is 31.6. The van der Waals surface area contributed by atoms with Gasteiger partial charge in [0.15, 0.2) is 5.78 Å². The summed E-state index contributed by atoms with van der Waals surface area (Å²) in [6.45, 7) is 2.84. The van der Waals surface area contributed by atoms with Gasteiger partial charge in [-0.3, -0.25) is 4.79 Å². The molecule has 1 aliphatic heterocycles. The Balaban J connectivity index is 2.48. The summed E-state index contributed by atoms with van der Waals surface area (Å²) < 4.78 is 4.82. The molecule has 7 heavy (non-hydrogen) atoms. The van der Waals surface area contributed by atoms with Gasteiger partial charge in [-0.25, -0.2) is 0 Å². The Hall–Kier alpha value is -0.370. The Kier molecular flexibility index (Phi) is 1.11. The number of carbonyl (C=O) groups excluding carboxylic acids is 1. The monoisotopic (exact) mass is 100 g/mol. The van der Waals surface area contributed by atoms with E-state index >= 15 is 0 Å². The van der Waals surface area contributed by atoms with E-state index in [1.807, 2.05) is 6.92 Å². The van der Waals surface area contributed by atoms with Crippen LogP contribution in [-0.2, 0) is 9.53 Å². The molecule has 0 aromatic rings. The third-order valence-electron chi connectivity index (χ3n) is 1.16. The standard InChI is InChI=1S/C5H8O2/c1-4-2-7-3-5(4)6/h4H,2-3H2,1H3/t4-/m1/s1. The fourth-order valence-electron chi connectivity index (χ4n) is 0.571. The van der Waals surface area contributed by atoms with E-state index in [1.165, 1.54) is 0 Å². The van der Waals surface area contributed by atoms with Gasteiger partial charge in [0.2, 0.25) is 0 Å². The number of hydrogen-bond donors (Lipinski definition) is 0. The van der Waals surface area contributed by atoms with Crippen molar-refractivity contribution in [2.24, 2.45) is 5.92 Å². The summed E-state index contributed by atoms with van der Waals surface area (Å²) in [5, 5.41) is 0. The highest BCUT2D eigenvalue weighted by Gasteiger charge is 2.19. The van der Waals surface area contributed by atoms with E-state index in [2.05, 4.69) is 0 Å². The third kappa shape index (κ3) is 0.800. The molecule has 0 bridgehead atoms. The quantitative estimate of drug-likeness (QED) is 0.435. The van der Waals surface area contributed by atoms with Gasteiger partial charge in [-0.2, -0.15) is 0 Å². The molecule has 0 N–H and O–H groups in total. The molecule has 1 heterocycles. The maximum atomic E-state index is 10.4. The zero-order chi connectivity index (χ0) is 5.28. The highest BCUT2D eigenvalue weighted by molar-refractivity contribution is 5.83. The molecule has 1 aliphatic rings. The van der Waals surface area contributed by atoms with Crippen molar-refractivity contribution in [1.29, 1.82) is 0 Å². The van der Waals surface area contributed by atoms with Crippen molar-refractivity contribution >= 4 is 5.78 Å². The highest BCUT2D eigenvalue weighted by Crippen LogP contribution is 2.05. The molecule has 1 fully saturated rings. The van der Waals surface area contributed by atoms with E-state index in [0.29, 0.717) is 13.2 Å². The van der Waals surface area contributed by atoms with Gasteiger partial charge in [0.05, 0.1) is 6.61 Å². The van der Waals surface area contributed by atoms with Gasteiger partial charge in [-0.1, -0.05) is 6.92 Å². The fraction of sp³-hybridized carbons (Fsp3) is 0.800. The summed E-state index contributed by atoms with van der Waals surface area (Å²) in [4.78, 5) is 10.4. The van der Waals surface area contributed by atoms with Crippen LogP contribution in [0.3, 0.4) is 0 Å². The molecule has 0 spiro atoms.